The summed E-state index contributed by atoms with van der Waals surface area (Å²) in [6.45, 7) is 4.94. The van der Waals surface area contributed by atoms with E-state index in [1.165, 1.54) is 14.2 Å². The van der Waals surface area contributed by atoms with Crippen molar-refractivity contribution < 1.29 is 34.1 Å². The predicted octanol–water partition coefficient (Wildman–Crippen LogP) is 0.214. The Morgan fingerprint density at radius 3 is 2.49 bits per heavy atom. The second-order valence-electron chi connectivity index (χ2n) is 10.9. The molecule has 2 bridgehead atoms. The minimum absolute atomic E-state index is 0.0320. The largest absolute Gasteiger partial charge is 0.504 e. The van der Waals surface area contributed by atoms with Gasteiger partial charge in [-0.1, -0.05) is 6.07 Å². The van der Waals surface area contributed by atoms with Crippen LogP contribution in [0.2, 0.25) is 0 Å². The quantitative estimate of drug-likeness (QED) is 0.381. The summed E-state index contributed by atoms with van der Waals surface area (Å²) in [4.78, 5) is 43.7. The maximum Gasteiger partial charge on any atom is 0.236 e. The number of hydrogen-bond donors (Lipinski definition) is 4. The van der Waals surface area contributed by atoms with Gasteiger partial charge in [0, 0.05) is 34.9 Å². The summed E-state index contributed by atoms with van der Waals surface area (Å²) in [5.41, 5.74) is 8.92. The molecule has 4 aliphatic rings. The highest BCUT2D eigenvalue weighted by Crippen LogP contribution is 2.53. The molecular weight excluding hydrogens is 504 g/mol. The number of carbonyl (C=O) groups excluding carboxylic acids is 3. The average molecular weight is 541 g/mol. The van der Waals surface area contributed by atoms with Crippen LogP contribution < -0.4 is 15.8 Å². The molecule has 6 atom stereocenters. The molecule has 0 saturated carbocycles. The van der Waals surface area contributed by atoms with Crippen molar-refractivity contribution in [3.63, 3.8) is 0 Å². The number of fused-ring (bicyclic) bond motifs is 6. The number of likely N-dealkylation sites (N-methyl/N-ethyl adjacent to an activating group) is 1. The summed E-state index contributed by atoms with van der Waals surface area (Å²) >= 11 is 0. The van der Waals surface area contributed by atoms with Crippen molar-refractivity contribution in [2.75, 3.05) is 27.8 Å². The Balaban J connectivity index is 1.69. The van der Waals surface area contributed by atoms with Gasteiger partial charge in [-0.05, 0) is 51.8 Å². The Bertz CT molecular complexity index is 1330. The summed E-state index contributed by atoms with van der Waals surface area (Å²) in [6, 6.07) is -0.912. The van der Waals surface area contributed by atoms with Crippen molar-refractivity contribution in [2.45, 2.75) is 70.0 Å². The minimum Gasteiger partial charge on any atom is -0.504 e. The number of nitrogens with zero attached hydrogens (tertiary/aromatic N) is 2. The number of rotatable bonds is 5. The van der Waals surface area contributed by atoms with Crippen molar-refractivity contribution >= 4 is 17.5 Å². The zero-order chi connectivity index (χ0) is 28.5. The summed E-state index contributed by atoms with van der Waals surface area (Å²) in [5.74, 6) is -0.774. The lowest BCUT2D eigenvalue weighted by Gasteiger charge is -2.60. The molecule has 11 nitrogen and oxygen atoms in total. The number of allylic oxidation sites excluding steroid dienone is 2. The Labute approximate surface area is 227 Å². The summed E-state index contributed by atoms with van der Waals surface area (Å²) in [5, 5.41) is 26.0. The third-order valence-corrected chi connectivity index (χ3v) is 8.78. The number of aliphatic hydroxyl groups excluding tert-OH is 1. The monoisotopic (exact) mass is 540 g/mol. The van der Waals surface area contributed by atoms with E-state index in [1.807, 2.05) is 29.8 Å². The molecule has 0 spiro atoms. The van der Waals surface area contributed by atoms with Gasteiger partial charge in [0.1, 0.15) is 6.23 Å². The second-order valence-corrected chi connectivity index (χ2v) is 10.9. The van der Waals surface area contributed by atoms with Crippen LogP contribution in [0.15, 0.2) is 28.5 Å². The number of nitrogens with two attached hydrogens (primary N) is 1. The number of Topliss-reactive ketones (excluding diaryl/α,β-unsaturated/α-hetero) is 2. The van der Waals surface area contributed by atoms with Gasteiger partial charge in [-0.3, -0.25) is 24.2 Å². The number of methoxy groups -OCH3 is 2. The fourth-order valence-corrected chi connectivity index (χ4v) is 6.98. The highest BCUT2D eigenvalue weighted by atomic mass is 16.5. The minimum atomic E-state index is -1.03. The third-order valence-electron chi connectivity index (χ3n) is 8.78. The van der Waals surface area contributed by atoms with Gasteiger partial charge in [0.25, 0.3) is 0 Å². The van der Waals surface area contributed by atoms with E-state index in [0.717, 1.165) is 11.1 Å². The van der Waals surface area contributed by atoms with Crippen LogP contribution in [0.1, 0.15) is 43.0 Å². The molecule has 5 rings (SSSR count). The number of amides is 1. The molecule has 0 aromatic heterocycles. The molecule has 0 unspecified atom stereocenters. The lowest BCUT2D eigenvalue weighted by molar-refractivity contribution is -0.167. The van der Waals surface area contributed by atoms with Crippen LogP contribution in [-0.2, 0) is 25.5 Å². The van der Waals surface area contributed by atoms with E-state index in [9.17, 15) is 24.6 Å². The summed E-state index contributed by atoms with van der Waals surface area (Å²) < 4.78 is 10.8. The van der Waals surface area contributed by atoms with Gasteiger partial charge < -0.3 is 30.7 Å². The molecule has 1 aromatic rings. The number of aryl methyl sites for hydroxylation is 1. The first-order valence-corrected chi connectivity index (χ1v) is 13.1. The molecule has 3 aliphatic heterocycles. The van der Waals surface area contributed by atoms with Gasteiger partial charge in [0.2, 0.25) is 11.7 Å². The van der Waals surface area contributed by atoms with E-state index >= 15 is 0 Å². The third kappa shape index (κ3) is 3.90. The smallest absolute Gasteiger partial charge is 0.236 e. The number of hydrogen-bond acceptors (Lipinski definition) is 10. The maximum absolute atomic E-state index is 13.7. The standard InChI is InChI=1S/C28H36N4O7/c1-11-7-14-8-17-28(37)32-16(21(31(17)4)19(14)23(34)25(11)38-5)9-15-20(18(32)10-30-27(36)13(3)29)24(35)26(39-6)12(2)22(15)33/h7,13,16-18,21,28,34,37H,8-10,29H2,1-6H3,(H,30,36)/t13-,16+,17+,18+,21+,28+/m1/s1. The molecule has 3 heterocycles. The van der Waals surface area contributed by atoms with Crippen LogP contribution in [-0.4, -0.2) is 95.7 Å². The molecule has 5 N–H and O–H groups in total. The fraction of sp³-hybridized carbons (Fsp3) is 0.536. The van der Waals surface area contributed by atoms with Gasteiger partial charge in [-0.25, -0.2) is 0 Å². The Kier molecular flexibility index (Phi) is 6.82. The van der Waals surface area contributed by atoms with E-state index in [1.54, 1.807) is 13.8 Å². The Morgan fingerprint density at radius 2 is 1.87 bits per heavy atom. The Morgan fingerprint density at radius 1 is 1.18 bits per heavy atom. The van der Waals surface area contributed by atoms with Crippen LogP contribution in [0, 0.1) is 6.92 Å². The first-order chi connectivity index (χ1) is 18.4. The lowest BCUT2D eigenvalue weighted by Crippen LogP contribution is -2.71. The Hall–Kier alpha value is -3.25. The number of aliphatic hydroxyl groups is 1. The SMILES string of the molecule is COC1=C(C)C(=O)C2=C(C1=O)[C@H](CNC(=O)[C@@H](C)N)N1[C@@H](O)[C@@H]3Cc4cc(C)c(OC)c(O)c4[C@H]([C@@H]1C2)N3C. The van der Waals surface area contributed by atoms with Crippen molar-refractivity contribution in [3.05, 3.63) is 45.2 Å². The predicted molar refractivity (Wildman–Crippen MR) is 141 cm³/mol. The van der Waals surface area contributed by atoms with Crippen LogP contribution in [0.4, 0.5) is 0 Å². The van der Waals surface area contributed by atoms with Crippen molar-refractivity contribution in [3.8, 4) is 11.5 Å². The highest BCUT2D eigenvalue weighted by molar-refractivity contribution is 6.25. The van der Waals surface area contributed by atoms with Crippen molar-refractivity contribution in [2.24, 2.45) is 5.73 Å². The molecule has 11 heteroatoms. The molecule has 1 aliphatic carbocycles. The lowest BCUT2D eigenvalue weighted by atomic mass is 9.71. The normalized spacial score (nSPS) is 29.5. The van der Waals surface area contributed by atoms with Crippen molar-refractivity contribution in [1.82, 2.24) is 15.1 Å². The number of aromatic hydroxyl groups is 1. The molecule has 210 valence electrons. The number of phenolic OH excluding ortho intramolecular Hbond substituents is 1. The summed E-state index contributed by atoms with van der Waals surface area (Å²) in [7, 11) is 4.74. The van der Waals surface area contributed by atoms with Crippen molar-refractivity contribution in [1.29, 1.82) is 0 Å². The summed E-state index contributed by atoms with van der Waals surface area (Å²) in [6.07, 6.45) is -0.411. The number of benzene rings is 1. The number of nitrogens with one attached hydrogen (secondary N) is 1. The fourth-order valence-electron chi connectivity index (χ4n) is 6.98. The van der Waals surface area contributed by atoms with Gasteiger partial charge >= 0.3 is 0 Å². The molecule has 1 saturated heterocycles. The molecule has 1 fully saturated rings. The number of ketones is 2. The van der Waals surface area contributed by atoms with E-state index in [0.29, 0.717) is 23.3 Å². The first kappa shape index (κ1) is 27.3. The number of ether oxygens (including phenoxy) is 2. The van der Waals surface area contributed by atoms with Gasteiger partial charge in [0.15, 0.2) is 23.0 Å². The number of phenols is 1. The first-order valence-electron chi connectivity index (χ1n) is 13.1. The van der Waals surface area contributed by atoms with Gasteiger partial charge in [0.05, 0.1) is 38.4 Å². The van der Waals surface area contributed by atoms with E-state index in [2.05, 4.69) is 5.32 Å². The van der Waals surface area contributed by atoms with E-state index < -0.39 is 42.1 Å². The average Bonchev–Trinajstić information content (AvgIpc) is 2.88. The van der Waals surface area contributed by atoms with Crippen LogP contribution in [0.5, 0.6) is 11.5 Å². The highest BCUT2D eigenvalue weighted by Gasteiger charge is 2.57. The zero-order valence-electron chi connectivity index (χ0n) is 23.1. The zero-order valence-corrected chi connectivity index (χ0v) is 23.1. The van der Waals surface area contributed by atoms with Crippen LogP contribution in [0.25, 0.3) is 0 Å². The van der Waals surface area contributed by atoms with Crippen LogP contribution in [0.3, 0.4) is 0 Å². The molecule has 1 aromatic carbocycles. The molecular formula is C28H36N4O7. The van der Waals surface area contributed by atoms with E-state index in [4.69, 9.17) is 15.2 Å². The van der Waals surface area contributed by atoms with Crippen LogP contribution >= 0.6 is 0 Å². The van der Waals surface area contributed by atoms with Gasteiger partial charge in [-0.2, -0.15) is 0 Å². The number of carbonyl (C=O) groups is 3. The second kappa shape index (κ2) is 9.74. The molecule has 39 heavy (non-hydrogen) atoms. The maximum atomic E-state index is 13.7. The topological polar surface area (TPSA) is 155 Å². The molecule has 0 radical (unpaired) electrons. The van der Waals surface area contributed by atoms with Gasteiger partial charge in [-0.15, -0.1) is 0 Å². The van der Waals surface area contributed by atoms with E-state index in [-0.39, 0.29) is 47.4 Å². The number of piperazine rings is 1. The molecule has 1 amide bonds.